The quantitative estimate of drug-likeness (QED) is 0.161. The first-order valence-corrected chi connectivity index (χ1v) is 22.8. The van der Waals surface area contributed by atoms with E-state index in [4.69, 9.17) is 0 Å². The summed E-state index contributed by atoms with van der Waals surface area (Å²) >= 11 is 0. The molecule has 0 aliphatic heterocycles. The van der Waals surface area contributed by atoms with Crippen molar-refractivity contribution in [2.75, 3.05) is 4.90 Å². The van der Waals surface area contributed by atoms with Gasteiger partial charge in [0.25, 0.3) is 0 Å². The van der Waals surface area contributed by atoms with Gasteiger partial charge in [-0.25, -0.2) is 0 Å². The summed E-state index contributed by atoms with van der Waals surface area (Å²) in [6, 6.07) is 88.1. The Morgan fingerprint density at radius 3 is 1.22 bits per heavy atom. The van der Waals surface area contributed by atoms with Crippen LogP contribution in [-0.4, -0.2) is 0 Å². The van der Waals surface area contributed by atoms with Gasteiger partial charge in [-0.2, -0.15) is 0 Å². The maximum atomic E-state index is 2.52. The van der Waals surface area contributed by atoms with Crippen molar-refractivity contribution in [2.45, 2.75) is 24.7 Å². The van der Waals surface area contributed by atoms with Gasteiger partial charge in [-0.05, 0) is 125 Å². The highest BCUT2D eigenvalue weighted by atomic mass is 15.1. The highest BCUT2D eigenvalue weighted by Gasteiger charge is 2.52. The van der Waals surface area contributed by atoms with Crippen LogP contribution in [0.1, 0.15) is 47.2 Å². The number of hydrogen-bond donors (Lipinski definition) is 0. The Bertz CT molecular complexity index is 3440. The van der Waals surface area contributed by atoms with Gasteiger partial charge in [-0.3, -0.25) is 0 Å². The zero-order chi connectivity index (χ0) is 43.3. The molecule has 3 aliphatic carbocycles. The lowest BCUT2D eigenvalue weighted by Crippen LogP contribution is -2.26. The number of benzene rings is 10. The molecular weight excluding hydrogens is 783 g/mol. The van der Waals surface area contributed by atoms with E-state index in [2.05, 4.69) is 255 Å². The molecule has 0 heterocycles. The maximum absolute atomic E-state index is 2.52. The van der Waals surface area contributed by atoms with Crippen molar-refractivity contribution >= 4 is 17.1 Å². The van der Waals surface area contributed by atoms with Crippen LogP contribution >= 0.6 is 0 Å². The number of fused-ring (bicyclic) bond motifs is 13. The molecule has 0 saturated carbocycles. The zero-order valence-corrected chi connectivity index (χ0v) is 36.5. The van der Waals surface area contributed by atoms with E-state index in [0.717, 1.165) is 11.4 Å². The average molecular weight is 828 g/mol. The summed E-state index contributed by atoms with van der Waals surface area (Å²) in [5.74, 6) is 0. The zero-order valence-electron chi connectivity index (χ0n) is 36.5. The van der Waals surface area contributed by atoms with Crippen LogP contribution in [0.3, 0.4) is 0 Å². The summed E-state index contributed by atoms with van der Waals surface area (Å²) in [5.41, 5.74) is 26.1. The Balaban J connectivity index is 0.952. The van der Waals surface area contributed by atoms with E-state index in [1.807, 2.05) is 0 Å². The Morgan fingerprint density at radius 2 is 0.662 bits per heavy atom. The van der Waals surface area contributed by atoms with Crippen LogP contribution in [0.4, 0.5) is 17.1 Å². The Labute approximate surface area is 381 Å². The van der Waals surface area contributed by atoms with Crippen LogP contribution < -0.4 is 4.90 Å². The monoisotopic (exact) mass is 827 g/mol. The third-order valence-electron chi connectivity index (χ3n) is 14.7. The van der Waals surface area contributed by atoms with Gasteiger partial charge >= 0.3 is 0 Å². The summed E-state index contributed by atoms with van der Waals surface area (Å²) in [4.78, 5) is 2.52. The average Bonchev–Trinajstić information content (AvgIpc) is 3.93. The molecule has 0 N–H and O–H groups in total. The predicted octanol–water partition coefficient (Wildman–Crippen LogP) is 16.8. The molecule has 0 amide bonds. The molecule has 1 nitrogen and oxygen atoms in total. The molecule has 65 heavy (non-hydrogen) atoms. The topological polar surface area (TPSA) is 3.24 Å². The van der Waals surface area contributed by atoms with Crippen molar-refractivity contribution in [3.8, 4) is 66.8 Å². The van der Waals surface area contributed by atoms with Crippen molar-refractivity contribution in [3.05, 3.63) is 270 Å². The van der Waals surface area contributed by atoms with Crippen molar-refractivity contribution in [1.29, 1.82) is 0 Å². The second-order valence-electron chi connectivity index (χ2n) is 18.4. The summed E-state index contributed by atoms with van der Waals surface area (Å²) < 4.78 is 0. The lowest BCUT2D eigenvalue weighted by atomic mass is 9.70. The van der Waals surface area contributed by atoms with Crippen LogP contribution in [0.15, 0.2) is 237 Å². The molecule has 10 aromatic rings. The maximum Gasteiger partial charge on any atom is 0.0726 e. The molecule has 0 fully saturated rings. The number of rotatable bonds is 6. The predicted molar refractivity (Wildman–Crippen MR) is 271 cm³/mol. The number of hydrogen-bond acceptors (Lipinski definition) is 1. The molecule has 0 bridgehead atoms. The normalized spacial score (nSPS) is 13.9. The first kappa shape index (κ1) is 37.5. The van der Waals surface area contributed by atoms with E-state index in [9.17, 15) is 0 Å². The number of nitrogens with zero attached hydrogens (tertiary/aromatic N) is 1. The Morgan fingerprint density at radius 1 is 0.277 bits per heavy atom. The molecule has 0 unspecified atom stereocenters. The van der Waals surface area contributed by atoms with Crippen LogP contribution in [0.5, 0.6) is 0 Å². The highest BCUT2D eigenvalue weighted by Crippen LogP contribution is 2.65. The van der Waals surface area contributed by atoms with E-state index < -0.39 is 5.41 Å². The first-order chi connectivity index (χ1) is 32.0. The van der Waals surface area contributed by atoms with Crippen LogP contribution in [-0.2, 0) is 10.8 Å². The van der Waals surface area contributed by atoms with E-state index in [1.165, 1.54) is 106 Å². The lowest BCUT2D eigenvalue weighted by Gasteiger charge is -2.32. The van der Waals surface area contributed by atoms with Crippen LogP contribution in [0, 0.1) is 0 Å². The highest BCUT2D eigenvalue weighted by molar-refractivity contribution is 6.01. The Kier molecular flexibility index (Phi) is 8.24. The summed E-state index contributed by atoms with van der Waals surface area (Å²) in [6.45, 7) is 4.75. The molecule has 3 aliphatic rings. The lowest BCUT2D eigenvalue weighted by molar-refractivity contribution is 0.660. The molecule has 0 atom stereocenters. The van der Waals surface area contributed by atoms with Gasteiger partial charge < -0.3 is 4.90 Å². The van der Waals surface area contributed by atoms with Gasteiger partial charge in [0, 0.05) is 22.4 Å². The van der Waals surface area contributed by atoms with Crippen molar-refractivity contribution in [1.82, 2.24) is 0 Å². The minimum Gasteiger partial charge on any atom is -0.310 e. The molecule has 0 saturated heterocycles. The second-order valence-corrected chi connectivity index (χ2v) is 18.4. The van der Waals surface area contributed by atoms with Gasteiger partial charge in [0.15, 0.2) is 0 Å². The van der Waals surface area contributed by atoms with Gasteiger partial charge in [0.2, 0.25) is 0 Å². The molecular formula is C64H45N. The largest absolute Gasteiger partial charge is 0.310 e. The molecule has 1 heteroatoms. The fraction of sp³-hybridized carbons (Fsp3) is 0.0625. The number of anilines is 3. The Hall–Kier alpha value is -8.00. The molecule has 306 valence electrons. The minimum atomic E-state index is -0.428. The van der Waals surface area contributed by atoms with E-state index in [1.54, 1.807) is 0 Å². The smallest absolute Gasteiger partial charge is 0.0726 e. The SMILES string of the molecule is CC1(C)c2ccccc2-c2ccc(N(c3ccc(-c4ccc(-c5ccc(-c6ccccc6)cc5)cc4)cc3)c3cccc4c3-c3ccccc3C43c4ccccc4-c4ccccc43)cc21. The fourth-order valence-corrected chi connectivity index (χ4v) is 11.7. The summed E-state index contributed by atoms with van der Waals surface area (Å²) in [7, 11) is 0. The minimum absolute atomic E-state index is 0.139. The van der Waals surface area contributed by atoms with Gasteiger partial charge in [-0.1, -0.05) is 220 Å². The van der Waals surface area contributed by atoms with E-state index >= 15 is 0 Å². The molecule has 10 aromatic carbocycles. The molecule has 0 radical (unpaired) electrons. The van der Waals surface area contributed by atoms with Gasteiger partial charge in [-0.15, -0.1) is 0 Å². The third kappa shape index (κ3) is 5.46. The van der Waals surface area contributed by atoms with E-state index in [-0.39, 0.29) is 5.41 Å². The standard InChI is InChI=1S/C64H45N/c1-63(2)55-21-10-6-17-50(55)53-40-39-49(41-60(53)63)65(48-37-35-47(36-38-48)46-33-31-45(32-34-46)44-29-27-43(28-30-44)42-15-4-3-5-16-42)61-26-14-25-59-62(61)54-20-9-13-24-58(54)64(59)56-22-11-7-18-51(56)52-19-8-12-23-57(52)64/h3-41H,1-2H3. The van der Waals surface area contributed by atoms with E-state index in [0.29, 0.717) is 0 Å². The van der Waals surface area contributed by atoms with Crippen molar-refractivity contribution in [2.24, 2.45) is 0 Å². The fourth-order valence-electron chi connectivity index (χ4n) is 11.7. The second kappa shape index (κ2) is 14.3. The first-order valence-electron chi connectivity index (χ1n) is 22.8. The summed E-state index contributed by atoms with van der Waals surface area (Å²) in [6.07, 6.45) is 0. The van der Waals surface area contributed by atoms with Crippen LogP contribution in [0.2, 0.25) is 0 Å². The third-order valence-corrected chi connectivity index (χ3v) is 14.7. The van der Waals surface area contributed by atoms with Crippen molar-refractivity contribution < 1.29 is 0 Å². The molecule has 1 spiro atoms. The summed E-state index contributed by atoms with van der Waals surface area (Å²) in [5, 5.41) is 0. The van der Waals surface area contributed by atoms with Crippen molar-refractivity contribution in [3.63, 3.8) is 0 Å². The molecule has 0 aromatic heterocycles. The van der Waals surface area contributed by atoms with Crippen LogP contribution in [0.25, 0.3) is 66.8 Å². The van der Waals surface area contributed by atoms with Gasteiger partial charge in [0.05, 0.1) is 11.1 Å². The molecule has 13 rings (SSSR count). The van der Waals surface area contributed by atoms with Gasteiger partial charge in [0.1, 0.15) is 0 Å².